The van der Waals surface area contributed by atoms with E-state index >= 15 is 0 Å². The number of sulfonamides is 1. The topological polar surface area (TPSA) is 46.6 Å². The van der Waals surface area contributed by atoms with Gasteiger partial charge in [-0.05, 0) is 62.8 Å². The number of halogens is 4. The molecule has 1 saturated carbocycles. The Kier molecular flexibility index (Phi) is 9.44. The second-order valence-electron chi connectivity index (χ2n) is 7.45. The normalized spacial score (nSPS) is 20.9. The molecule has 0 N–H and O–H groups in total. The first-order valence-corrected chi connectivity index (χ1v) is 12.5. The second-order valence-corrected chi connectivity index (χ2v) is 10.2. The molecule has 0 saturated heterocycles. The molecule has 1 aromatic carbocycles. The lowest BCUT2D eigenvalue weighted by Gasteiger charge is -2.34. The highest BCUT2D eigenvalue weighted by Gasteiger charge is 2.34. The summed E-state index contributed by atoms with van der Waals surface area (Å²) in [5, 5.41) is 1.03. The molecular formula is C20H29BrF3NO3S. The molecule has 0 aliphatic heterocycles. The average molecular weight is 500 g/mol. The van der Waals surface area contributed by atoms with Crippen LogP contribution >= 0.6 is 15.9 Å². The third kappa shape index (κ3) is 7.22. The summed E-state index contributed by atoms with van der Waals surface area (Å²) in [6, 6.07) is 3.51. The third-order valence-electron chi connectivity index (χ3n) is 5.40. The molecule has 1 aromatic rings. The molecule has 0 amide bonds. The van der Waals surface area contributed by atoms with Gasteiger partial charge in [0.1, 0.15) is 0 Å². The molecule has 1 fully saturated rings. The van der Waals surface area contributed by atoms with Gasteiger partial charge < -0.3 is 4.74 Å². The van der Waals surface area contributed by atoms with Crippen LogP contribution in [0.2, 0.25) is 0 Å². The average Bonchev–Trinajstić information content (AvgIpc) is 2.70. The lowest BCUT2D eigenvalue weighted by molar-refractivity contribution is -0.137. The van der Waals surface area contributed by atoms with Crippen molar-refractivity contribution in [2.45, 2.75) is 74.6 Å². The summed E-state index contributed by atoms with van der Waals surface area (Å²) in [6.07, 6.45) is 3.17. The Morgan fingerprint density at radius 2 is 1.62 bits per heavy atom. The van der Waals surface area contributed by atoms with Gasteiger partial charge in [-0.2, -0.15) is 17.5 Å². The van der Waals surface area contributed by atoms with Crippen molar-refractivity contribution in [1.82, 2.24) is 4.31 Å². The van der Waals surface area contributed by atoms with Crippen LogP contribution in [0.15, 0.2) is 29.2 Å². The minimum absolute atomic E-state index is 0.116. The smallest absolute Gasteiger partial charge is 0.378 e. The Hall–Kier alpha value is -0.640. The van der Waals surface area contributed by atoms with E-state index in [-0.39, 0.29) is 17.0 Å². The summed E-state index contributed by atoms with van der Waals surface area (Å²) >= 11 is 3.41. The molecule has 29 heavy (non-hydrogen) atoms. The summed E-state index contributed by atoms with van der Waals surface area (Å²) in [4.78, 5) is -0.116. The number of ether oxygens (including phenoxy) is 1. The first-order chi connectivity index (χ1) is 13.7. The van der Waals surface area contributed by atoms with Crippen molar-refractivity contribution in [3.8, 4) is 0 Å². The summed E-state index contributed by atoms with van der Waals surface area (Å²) in [7, 11) is -2.32. The van der Waals surface area contributed by atoms with Crippen molar-refractivity contribution in [3.05, 3.63) is 29.8 Å². The highest BCUT2D eigenvalue weighted by molar-refractivity contribution is 9.09. The van der Waals surface area contributed by atoms with Crippen molar-refractivity contribution in [3.63, 3.8) is 0 Å². The number of rotatable bonds is 10. The summed E-state index contributed by atoms with van der Waals surface area (Å²) < 4.78 is 70.9. The van der Waals surface area contributed by atoms with E-state index in [1.54, 1.807) is 0 Å². The molecule has 0 bridgehead atoms. The van der Waals surface area contributed by atoms with Crippen LogP contribution in [0.5, 0.6) is 0 Å². The van der Waals surface area contributed by atoms with Crippen LogP contribution in [0.4, 0.5) is 13.2 Å². The van der Waals surface area contributed by atoms with E-state index in [0.717, 1.165) is 61.9 Å². The van der Waals surface area contributed by atoms with Crippen LogP contribution in [0.1, 0.15) is 56.9 Å². The zero-order valence-electron chi connectivity index (χ0n) is 16.6. The molecule has 0 unspecified atom stereocenters. The minimum Gasteiger partial charge on any atom is -0.378 e. The molecule has 0 spiro atoms. The fourth-order valence-electron chi connectivity index (χ4n) is 3.55. The van der Waals surface area contributed by atoms with E-state index in [0.29, 0.717) is 12.8 Å². The Balaban J connectivity index is 1.84. The van der Waals surface area contributed by atoms with Gasteiger partial charge in [-0.15, -0.1) is 0 Å². The predicted octanol–water partition coefficient (Wildman–Crippen LogP) is 5.61. The number of unbranched alkanes of at least 4 members (excludes halogenated alkanes) is 3. The Bertz CT molecular complexity index is 717. The standard InChI is InChI=1S/C20H29BrF3NO3S/c1-25(29(26,27)19-12-6-16(7-13-19)20(22,23)24)17-8-10-18(11-9-17)28-15-5-3-2-4-14-21/h6-7,12-13,17-18H,2-5,8-11,14-15H2,1H3/t17-,18-. The van der Waals surface area contributed by atoms with Gasteiger partial charge in [0.25, 0.3) is 0 Å². The first kappa shape index (κ1) is 24.6. The van der Waals surface area contributed by atoms with Crippen LogP contribution < -0.4 is 0 Å². The predicted molar refractivity (Wildman–Crippen MR) is 111 cm³/mol. The molecule has 2 rings (SSSR count). The number of hydrogen-bond donors (Lipinski definition) is 0. The third-order valence-corrected chi connectivity index (χ3v) is 7.88. The van der Waals surface area contributed by atoms with Gasteiger partial charge in [0.05, 0.1) is 16.6 Å². The van der Waals surface area contributed by atoms with Crippen LogP contribution in [-0.2, 0) is 20.9 Å². The summed E-state index contributed by atoms with van der Waals surface area (Å²) in [5.74, 6) is 0. The number of alkyl halides is 4. The van der Waals surface area contributed by atoms with E-state index in [4.69, 9.17) is 4.74 Å². The lowest BCUT2D eigenvalue weighted by atomic mass is 9.93. The van der Waals surface area contributed by atoms with E-state index in [1.807, 2.05) is 0 Å². The molecule has 0 aromatic heterocycles. The van der Waals surface area contributed by atoms with E-state index in [1.165, 1.54) is 24.2 Å². The maximum absolute atomic E-state index is 12.8. The van der Waals surface area contributed by atoms with Crippen molar-refractivity contribution < 1.29 is 26.3 Å². The van der Waals surface area contributed by atoms with Crippen LogP contribution in [0.25, 0.3) is 0 Å². The van der Waals surface area contributed by atoms with Crippen LogP contribution in [-0.4, -0.2) is 43.9 Å². The molecule has 0 heterocycles. The number of hydrogen-bond acceptors (Lipinski definition) is 3. The fourth-order valence-corrected chi connectivity index (χ4v) is 5.37. The van der Waals surface area contributed by atoms with Crippen molar-refractivity contribution in [2.75, 3.05) is 19.0 Å². The van der Waals surface area contributed by atoms with Gasteiger partial charge >= 0.3 is 6.18 Å². The highest BCUT2D eigenvalue weighted by Crippen LogP contribution is 2.32. The van der Waals surface area contributed by atoms with E-state index in [2.05, 4.69) is 15.9 Å². The number of nitrogens with zero attached hydrogens (tertiary/aromatic N) is 1. The fraction of sp³-hybridized carbons (Fsp3) is 0.700. The zero-order chi connectivity index (χ0) is 21.5. The highest BCUT2D eigenvalue weighted by atomic mass is 79.9. The van der Waals surface area contributed by atoms with E-state index in [9.17, 15) is 21.6 Å². The Morgan fingerprint density at radius 3 is 2.17 bits per heavy atom. The minimum atomic E-state index is -4.49. The van der Waals surface area contributed by atoms with Crippen molar-refractivity contribution in [2.24, 2.45) is 0 Å². The van der Waals surface area contributed by atoms with Gasteiger partial charge in [0.2, 0.25) is 10.0 Å². The first-order valence-electron chi connectivity index (χ1n) is 9.99. The van der Waals surface area contributed by atoms with Gasteiger partial charge in [0, 0.05) is 25.0 Å². The summed E-state index contributed by atoms with van der Waals surface area (Å²) in [6.45, 7) is 0.733. The Morgan fingerprint density at radius 1 is 1.03 bits per heavy atom. The number of benzene rings is 1. The molecule has 4 nitrogen and oxygen atoms in total. The maximum Gasteiger partial charge on any atom is 0.416 e. The molecule has 9 heteroatoms. The molecule has 1 aliphatic rings. The maximum atomic E-state index is 12.8. The SMILES string of the molecule is CN([C@H]1CC[C@H](OCCCCCCBr)CC1)S(=O)(=O)c1ccc(C(F)(F)F)cc1. The molecule has 0 atom stereocenters. The molecular weight excluding hydrogens is 471 g/mol. The molecule has 1 aliphatic carbocycles. The van der Waals surface area contributed by atoms with Gasteiger partial charge in [-0.1, -0.05) is 28.8 Å². The van der Waals surface area contributed by atoms with Crippen LogP contribution in [0, 0.1) is 0 Å². The summed E-state index contributed by atoms with van der Waals surface area (Å²) in [5.41, 5.74) is -0.857. The largest absolute Gasteiger partial charge is 0.416 e. The van der Waals surface area contributed by atoms with Gasteiger partial charge in [-0.3, -0.25) is 0 Å². The lowest BCUT2D eigenvalue weighted by Crippen LogP contribution is -2.40. The monoisotopic (exact) mass is 499 g/mol. The van der Waals surface area contributed by atoms with Crippen LogP contribution in [0.3, 0.4) is 0 Å². The zero-order valence-corrected chi connectivity index (χ0v) is 19.0. The Labute approximate surface area is 180 Å². The van der Waals surface area contributed by atoms with Gasteiger partial charge in [-0.25, -0.2) is 8.42 Å². The molecule has 166 valence electrons. The quantitative estimate of drug-likeness (QED) is 0.310. The van der Waals surface area contributed by atoms with Crippen molar-refractivity contribution >= 4 is 26.0 Å². The van der Waals surface area contributed by atoms with E-state index < -0.39 is 21.8 Å². The second kappa shape index (κ2) is 11.1. The van der Waals surface area contributed by atoms with Gasteiger partial charge in [0.15, 0.2) is 0 Å². The molecule has 0 radical (unpaired) electrons. The van der Waals surface area contributed by atoms with Crippen molar-refractivity contribution in [1.29, 1.82) is 0 Å².